The number of hydrogen-bond acceptors (Lipinski definition) is 2. The molecule has 2 amide bonds. The molecule has 0 spiro atoms. The lowest BCUT2D eigenvalue weighted by Crippen LogP contribution is -2.38. The molecule has 0 bridgehead atoms. The Morgan fingerprint density at radius 2 is 1.58 bits per heavy atom. The maximum atomic E-state index is 13.1. The summed E-state index contributed by atoms with van der Waals surface area (Å²) in [7, 11) is 1.67. The van der Waals surface area contributed by atoms with Crippen LogP contribution in [0.15, 0.2) is 54.6 Å². The molecule has 26 heavy (non-hydrogen) atoms. The Bertz CT molecular complexity index is 1130. The smallest absolute Gasteiger partial charge is 0.254 e. The van der Waals surface area contributed by atoms with Crippen LogP contribution >= 0.6 is 0 Å². The van der Waals surface area contributed by atoms with Crippen molar-refractivity contribution in [3.8, 4) is 0 Å². The Hall–Kier alpha value is -3.14. The lowest BCUT2D eigenvalue weighted by atomic mass is 9.91. The molecule has 0 saturated heterocycles. The van der Waals surface area contributed by atoms with Crippen LogP contribution in [0.1, 0.15) is 17.3 Å². The third-order valence-electron chi connectivity index (χ3n) is 4.84. The van der Waals surface area contributed by atoms with E-state index >= 15 is 0 Å². The molecule has 0 aliphatic carbocycles. The van der Waals surface area contributed by atoms with E-state index in [1.165, 1.54) is 15.7 Å². The minimum Gasteiger partial charge on any atom is -0.355 e. The molecular formula is C22H20N2O2. The van der Waals surface area contributed by atoms with Gasteiger partial charge in [0.1, 0.15) is 0 Å². The summed E-state index contributed by atoms with van der Waals surface area (Å²) in [6, 6.07) is 18.3. The fourth-order valence-corrected chi connectivity index (χ4v) is 3.68. The first-order chi connectivity index (χ1) is 12.6. The van der Waals surface area contributed by atoms with E-state index in [-0.39, 0.29) is 18.4 Å². The summed E-state index contributed by atoms with van der Waals surface area (Å²) in [5, 5.41) is 9.28. The van der Waals surface area contributed by atoms with Crippen molar-refractivity contribution in [3.63, 3.8) is 0 Å². The molecule has 4 aromatic rings. The van der Waals surface area contributed by atoms with Crippen LogP contribution in [0.4, 0.5) is 0 Å². The van der Waals surface area contributed by atoms with Crippen LogP contribution in [-0.2, 0) is 4.79 Å². The highest BCUT2D eigenvalue weighted by Gasteiger charge is 2.20. The standard InChI is InChI=1S/C22H20N2O2/c1-3-23-19(25)13-24(2)22(26)18-12-16-8-4-6-14-10-11-15-7-5-9-17(18)21(15)20(14)16/h4-12H,3,13H2,1-2H3,(H,23,25). The van der Waals surface area contributed by atoms with Crippen LogP contribution in [0.3, 0.4) is 0 Å². The maximum Gasteiger partial charge on any atom is 0.254 e. The van der Waals surface area contributed by atoms with Crippen LogP contribution in [0.25, 0.3) is 32.3 Å². The highest BCUT2D eigenvalue weighted by Crippen LogP contribution is 2.36. The van der Waals surface area contributed by atoms with Gasteiger partial charge >= 0.3 is 0 Å². The zero-order valence-corrected chi connectivity index (χ0v) is 14.9. The van der Waals surface area contributed by atoms with Gasteiger partial charge in [0.15, 0.2) is 0 Å². The first-order valence-electron chi connectivity index (χ1n) is 8.79. The molecule has 0 aliphatic heterocycles. The molecule has 0 radical (unpaired) electrons. The van der Waals surface area contributed by atoms with Crippen LogP contribution in [0.5, 0.6) is 0 Å². The van der Waals surface area contributed by atoms with Gasteiger partial charge in [-0.05, 0) is 45.3 Å². The van der Waals surface area contributed by atoms with E-state index < -0.39 is 0 Å². The van der Waals surface area contributed by atoms with E-state index in [2.05, 4.69) is 29.6 Å². The van der Waals surface area contributed by atoms with Gasteiger partial charge in [-0.2, -0.15) is 0 Å². The topological polar surface area (TPSA) is 49.4 Å². The molecule has 4 rings (SSSR count). The first kappa shape index (κ1) is 16.3. The molecule has 0 unspecified atom stereocenters. The summed E-state index contributed by atoms with van der Waals surface area (Å²) in [6.45, 7) is 2.46. The molecule has 0 heterocycles. The second-order valence-electron chi connectivity index (χ2n) is 6.59. The second-order valence-corrected chi connectivity index (χ2v) is 6.59. The maximum absolute atomic E-state index is 13.1. The molecule has 0 atom stereocenters. The van der Waals surface area contributed by atoms with E-state index in [1.54, 1.807) is 7.05 Å². The van der Waals surface area contributed by atoms with Gasteiger partial charge in [0.2, 0.25) is 5.91 Å². The predicted octanol–water partition coefficient (Wildman–Crippen LogP) is 3.79. The number of nitrogens with zero attached hydrogens (tertiary/aromatic N) is 1. The molecule has 0 aliphatic rings. The third-order valence-corrected chi connectivity index (χ3v) is 4.84. The predicted molar refractivity (Wildman–Crippen MR) is 106 cm³/mol. The van der Waals surface area contributed by atoms with Gasteiger partial charge < -0.3 is 10.2 Å². The Morgan fingerprint density at radius 1 is 0.923 bits per heavy atom. The quantitative estimate of drug-likeness (QED) is 0.573. The third kappa shape index (κ3) is 2.54. The average Bonchev–Trinajstić information content (AvgIpc) is 2.65. The first-order valence-corrected chi connectivity index (χ1v) is 8.79. The van der Waals surface area contributed by atoms with Crippen molar-refractivity contribution in [2.75, 3.05) is 20.1 Å². The van der Waals surface area contributed by atoms with Gasteiger partial charge in [0.25, 0.3) is 5.91 Å². The van der Waals surface area contributed by atoms with Gasteiger partial charge in [-0.1, -0.05) is 48.5 Å². The van der Waals surface area contributed by atoms with Gasteiger partial charge in [-0.15, -0.1) is 0 Å². The number of benzene rings is 4. The van der Waals surface area contributed by atoms with Gasteiger partial charge in [0.05, 0.1) is 6.54 Å². The van der Waals surface area contributed by atoms with Crippen molar-refractivity contribution in [3.05, 3.63) is 60.2 Å². The normalized spacial score (nSPS) is 11.3. The van der Waals surface area contributed by atoms with E-state index in [9.17, 15) is 9.59 Å². The van der Waals surface area contributed by atoms with Crippen molar-refractivity contribution < 1.29 is 9.59 Å². The Labute approximate surface area is 151 Å². The number of carbonyl (C=O) groups excluding carboxylic acids is 2. The molecule has 4 heteroatoms. The SMILES string of the molecule is CCNC(=O)CN(C)C(=O)c1cc2cccc3ccc4cccc1c4c32. The van der Waals surface area contributed by atoms with Crippen molar-refractivity contribution in [1.82, 2.24) is 10.2 Å². The van der Waals surface area contributed by atoms with E-state index in [0.717, 1.165) is 21.5 Å². The minimum absolute atomic E-state index is 0.0475. The highest BCUT2D eigenvalue weighted by atomic mass is 16.2. The lowest BCUT2D eigenvalue weighted by Gasteiger charge is -2.19. The Kier molecular flexibility index (Phi) is 3.96. The molecule has 130 valence electrons. The second kappa shape index (κ2) is 6.30. The number of likely N-dealkylation sites (N-methyl/N-ethyl adjacent to an activating group) is 2. The zero-order valence-electron chi connectivity index (χ0n) is 14.9. The van der Waals surface area contributed by atoms with Crippen LogP contribution < -0.4 is 5.32 Å². The summed E-state index contributed by atoms with van der Waals surface area (Å²) in [5.41, 5.74) is 0.633. The summed E-state index contributed by atoms with van der Waals surface area (Å²) >= 11 is 0. The molecule has 0 saturated carbocycles. The molecule has 1 N–H and O–H groups in total. The van der Waals surface area contributed by atoms with Gasteiger partial charge in [-0.3, -0.25) is 9.59 Å². The van der Waals surface area contributed by atoms with E-state index in [0.29, 0.717) is 12.1 Å². The highest BCUT2D eigenvalue weighted by molar-refractivity contribution is 6.27. The summed E-state index contributed by atoms with van der Waals surface area (Å²) in [6.07, 6.45) is 0. The summed E-state index contributed by atoms with van der Waals surface area (Å²) in [4.78, 5) is 26.4. The lowest BCUT2D eigenvalue weighted by molar-refractivity contribution is -0.121. The number of carbonyl (C=O) groups is 2. The molecule has 4 nitrogen and oxygen atoms in total. The van der Waals surface area contributed by atoms with E-state index in [4.69, 9.17) is 0 Å². The fourth-order valence-electron chi connectivity index (χ4n) is 3.68. The van der Waals surface area contributed by atoms with Crippen molar-refractivity contribution in [2.24, 2.45) is 0 Å². The zero-order chi connectivity index (χ0) is 18.3. The number of nitrogens with one attached hydrogen (secondary N) is 1. The van der Waals surface area contributed by atoms with Gasteiger partial charge in [0, 0.05) is 19.2 Å². The Balaban J connectivity index is 1.89. The minimum atomic E-state index is -0.152. The summed E-state index contributed by atoms with van der Waals surface area (Å²) < 4.78 is 0. The van der Waals surface area contributed by atoms with Crippen molar-refractivity contribution in [1.29, 1.82) is 0 Å². The van der Waals surface area contributed by atoms with Crippen LogP contribution in [-0.4, -0.2) is 36.9 Å². The number of amides is 2. The number of rotatable bonds is 4. The van der Waals surface area contributed by atoms with Crippen LogP contribution in [0.2, 0.25) is 0 Å². The van der Waals surface area contributed by atoms with E-state index in [1.807, 2.05) is 37.3 Å². The molecule has 4 aromatic carbocycles. The van der Waals surface area contributed by atoms with Crippen molar-refractivity contribution in [2.45, 2.75) is 6.92 Å². The molecular weight excluding hydrogens is 324 g/mol. The monoisotopic (exact) mass is 344 g/mol. The number of hydrogen-bond donors (Lipinski definition) is 1. The fraction of sp³-hybridized carbons (Fsp3) is 0.182. The van der Waals surface area contributed by atoms with Crippen LogP contribution in [0, 0.1) is 0 Å². The van der Waals surface area contributed by atoms with Crippen molar-refractivity contribution >= 4 is 44.1 Å². The largest absolute Gasteiger partial charge is 0.355 e. The molecule has 0 aromatic heterocycles. The summed E-state index contributed by atoms with van der Waals surface area (Å²) in [5.74, 6) is -0.296. The molecule has 0 fully saturated rings. The Morgan fingerprint density at radius 3 is 2.31 bits per heavy atom. The average molecular weight is 344 g/mol. The van der Waals surface area contributed by atoms with Gasteiger partial charge in [-0.25, -0.2) is 0 Å².